The Morgan fingerprint density at radius 2 is 2.06 bits per heavy atom. The summed E-state index contributed by atoms with van der Waals surface area (Å²) < 4.78 is 0. The van der Waals surface area contributed by atoms with Crippen LogP contribution in [-0.4, -0.2) is 29.2 Å². The molecule has 1 aliphatic heterocycles. The molecule has 17 heavy (non-hydrogen) atoms. The zero-order chi connectivity index (χ0) is 12.4. The van der Waals surface area contributed by atoms with Gasteiger partial charge in [-0.3, -0.25) is 10.1 Å². The predicted octanol–water partition coefficient (Wildman–Crippen LogP) is 1.86. The third-order valence-corrected chi connectivity index (χ3v) is 3.20. The maximum Gasteiger partial charge on any atom is 0.269 e. The highest BCUT2D eigenvalue weighted by molar-refractivity contribution is 5.57. The van der Waals surface area contributed by atoms with Crippen LogP contribution >= 0.6 is 0 Å². The van der Waals surface area contributed by atoms with Crippen molar-refractivity contribution in [2.45, 2.75) is 25.9 Å². The first kappa shape index (κ1) is 11.9. The summed E-state index contributed by atoms with van der Waals surface area (Å²) in [5, 5.41) is 20.1. The molecular formula is C12H16N2O3. The van der Waals surface area contributed by atoms with Crippen molar-refractivity contribution >= 4 is 11.4 Å². The van der Waals surface area contributed by atoms with Crippen LogP contribution in [0.2, 0.25) is 0 Å². The molecule has 1 saturated heterocycles. The molecular weight excluding hydrogens is 220 g/mol. The van der Waals surface area contributed by atoms with Gasteiger partial charge in [0.25, 0.3) is 5.69 Å². The normalized spacial score (nSPS) is 17.2. The molecule has 1 aliphatic rings. The SMILES string of the molecule is Cc1cc([N+](=O)[O-])ccc1N1CCC(O)CC1. The largest absolute Gasteiger partial charge is 0.393 e. The van der Waals surface area contributed by atoms with Crippen LogP contribution in [0.4, 0.5) is 11.4 Å². The lowest BCUT2D eigenvalue weighted by Gasteiger charge is -2.32. The molecule has 1 N–H and O–H groups in total. The van der Waals surface area contributed by atoms with Crippen LogP contribution in [0.1, 0.15) is 18.4 Å². The molecule has 0 spiro atoms. The molecule has 1 heterocycles. The minimum Gasteiger partial charge on any atom is -0.393 e. The molecule has 92 valence electrons. The molecule has 0 bridgehead atoms. The number of hydrogen-bond acceptors (Lipinski definition) is 4. The van der Waals surface area contributed by atoms with Gasteiger partial charge in [-0.25, -0.2) is 0 Å². The Morgan fingerprint density at radius 1 is 1.41 bits per heavy atom. The van der Waals surface area contributed by atoms with Crippen LogP contribution in [0.5, 0.6) is 0 Å². The van der Waals surface area contributed by atoms with E-state index in [1.54, 1.807) is 12.1 Å². The molecule has 0 atom stereocenters. The quantitative estimate of drug-likeness (QED) is 0.628. The summed E-state index contributed by atoms with van der Waals surface area (Å²) in [6.07, 6.45) is 1.32. The average Bonchev–Trinajstić information content (AvgIpc) is 2.30. The van der Waals surface area contributed by atoms with Crippen molar-refractivity contribution in [3.63, 3.8) is 0 Å². The third-order valence-electron chi connectivity index (χ3n) is 3.20. The van der Waals surface area contributed by atoms with Crippen LogP contribution in [0.3, 0.4) is 0 Å². The van der Waals surface area contributed by atoms with E-state index in [1.165, 1.54) is 6.07 Å². The molecule has 0 aliphatic carbocycles. The van der Waals surface area contributed by atoms with Crippen LogP contribution in [-0.2, 0) is 0 Å². The molecule has 0 saturated carbocycles. The van der Waals surface area contributed by atoms with Crippen LogP contribution in [0.15, 0.2) is 18.2 Å². The Labute approximate surface area is 99.8 Å². The zero-order valence-corrected chi connectivity index (χ0v) is 9.80. The molecule has 1 aromatic rings. The first-order valence-corrected chi connectivity index (χ1v) is 5.76. The smallest absolute Gasteiger partial charge is 0.269 e. The number of nitrogens with zero attached hydrogens (tertiary/aromatic N) is 2. The van der Waals surface area contributed by atoms with Crippen LogP contribution in [0.25, 0.3) is 0 Å². The Morgan fingerprint density at radius 3 is 2.59 bits per heavy atom. The van der Waals surface area contributed by atoms with E-state index in [0.29, 0.717) is 0 Å². The summed E-state index contributed by atoms with van der Waals surface area (Å²) in [5.74, 6) is 0. The number of aliphatic hydroxyl groups is 1. The molecule has 5 heteroatoms. The number of non-ortho nitro benzene ring substituents is 1. The van der Waals surface area contributed by atoms with E-state index in [4.69, 9.17) is 0 Å². The van der Waals surface area contributed by atoms with Crippen molar-refractivity contribution in [2.24, 2.45) is 0 Å². The summed E-state index contributed by atoms with van der Waals surface area (Å²) in [6, 6.07) is 4.93. The van der Waals surface area contributed by atoms with Crippen molar-refractivity contribution in [1.29, 1.82) is 0 Å². The van der Waals surface area contributed by atoms with E-state index in [2.05, 4.69) is 4.90 Å². The van der Waals surface area contributed by atoms with Gasteiger partial charge < -0.3 is 10.0 Å². The lowest BCUT2D eigenvalue weighted by molar-refractivity contribution is -0.384. The van der Waals surface area contributed by atoms with Gasteiger partial charge in [-0.2, -0.15) is 0 Å². The number of aliphatic hydroxyl groups excluding tert-OH is 1. The summed E-state index contributed by atoms with van der Waals surface area (Å²) in [5.41, 5.74) is 2.07. The number of benzene rings is 1. The second-order valence-electron chi connectivity index (χ2n) is 4.45. The lowest BCUT2D eigenvalue weighted by atomic mass is 10.1. The number of hydrogen-bond donors (Lipinski definition) is 1. The molecule has 1 aromatic carbocycles. The van der Waals surface area contributed by atoms with E-state index in [1.807, 2.05) is 6.92 Å². The molecule has 1 fully saturated rings. The average molecular weight is 236 g/mol. The second kappa shape index (κ2) is 4.71. The minimum atomic E-state index is -0.378. The van der Waals surface area contributed by atoms with Gasteiger partial charge in [-0.05, 0) is 31.4 Å². The zero-order valence-electron chi connectivity index (χ0n) is 9.80. The first-order valence-electron chi connectivity index (χ1n) is 5.76. The second-order valence-corrected chi connectivity index (χ2v) is 4.45. The van der Waals surface area contributed by atoms with E-state index in [9.17, 15) is 15.2 Å². The molecule has 0 unspecified atom stereocenters. The Hall–Kier alpha value is -1.62. The molecule has 2 rings (SSSR count). The summed E-state index contributed by atoms with van der Waals surface area (Å²) in [6.45, 7) is 3.49. The van der Waals surface area contributed by atoms with Crippen molar-refractivity contribution < 1.29 is 10.0 Å². The highest BCUT2D eigenvalue weighted by Gasteiger charge is 2.19. The Bertz CT molecular complexity index is 426. The molecule has 0 radical (unpaired) electrons. The Balaban J connectivity index is 2.19. The number of anilines is 1. The van der Waals surface area contributed by atoms with Crippen molar-refractivity contribution in [2.75, 3.05) is 18.0 Å². The number of nitro groups is 1. The standard InChI is InChI=1S/C12H16N2O3/c1-9-8-10(14(16)17)2-3-12(9)13-6-4-11(15)5-7-13/h2-3,8,11,15H,4-7H2,1H3. The van der Waals surface area contributed by atoms with E-state index < -0.39 is 0 Å². The number of nitro benzene ring substituents is 1. The monoisotopic (exact) mass is 236 g/mol. The first-order chi connectivity index (χ1) is 8.08. The van der Waals surface area contributed by atoms with E-state index in [0.717, 1.165) is 37.2 Å². The highest BCUT2D eigenvalue weighted by atomic mass is 16.6. The summed E-state index contributed by atoms with van der Waals surface area (Å²) in [4.78, 5) is 12.4. The Kier molecular flexibility index (Phi) is 3.28. The maximum atomic E-state index is 10.6. The fourth-order valence-corrected chi connectivity index (χ4v) is 2.21. The summed E-state index contributed by atoms with van der Waals surface area (Å²) in [7, 11) is 0. The fraction of sp³-hybridized carbons (Fsp3) is 0.500. The van der Waals surface area contributed by atoms with Crippen LogP contribution < -0.4 is 4.90 Å². The molecule has 5 nitrogen and oxygen atoms in total. The van der Waals surface area contributed by atoms with Crippen molar-refractivity contribution in [1.82, 2.24) is 0 Å². The third kappa shape index (κ3) is 2.55. The van der Waals surface area contributed by atoms with Gasteiger partial charge in [-0.1, -0.05) is 0 Å². The number of piperidine rings is 1. The minimum absolute atomic E-state index is 0.128. The van der Waals surface area contributed by atoms with Gasteiger partial charge in [0.05, 0.1) is 11.0 Å². The van der Waals surface area contributed by atoms with E-state index >= 15 is 0 Å². The van der Waals surface area contributed by atoms with Crippen molar-refractivity contribution in [3.05, 3.63) is 33.9 Å². The van der Waals surface area contributed by atoms with Gasteiger partial charge in [0, 0.05) is 30.9 Å². The van der Waals surface area contributed by atoms with Gasteiger partial charge in [-0.15, -0.1) is 0 Å². The maximum absolute atomic E-state index is 10.6. The van der Waals surface area contributed by atoms with Gasteiger partial charge >= 0.3 is 0 Å². The predicted molar refractivity (Wildman–Crippen MR) is 65.3 cm³/mol. The van der Waals surface area contributed by atoms with E-state index in [-0.39, 0.29) is 16.7 Å². The topological polar surface area (TPSA) is 66.6 Å². The van der Waals surface area contributed by atoms with Gasteiger partial charge in [0.15, 0.2) is 0 Å². The molecule has 0 amide bonds. The number of rotatable bonds is 2. The van der Waals surface area contributed by atoms with Crippen molar-refractivity contribution in [3.8, 4) is 0 Å². The highest BCUT2D eigenvalue weighted by Crippen LogP contribution is 2.27. The number of aryl methyl sites for hydroxylation is 1. The lowest BCUT2D eigenvalue weighted by Crippen LogP contribution is -2.36. The summed E-state index contributed by atoms with van der Waals surface area (Å²) >= 11 is 0. The molecule has 0 aromatic heterocycles. The van der Waals surface area contributed by atoms with Gasteiger partial charge in [0.1, 0.15) is 0 Å². The van der Waals surface area contributed by atoms with Crippen LogP contribution in [0, 0.1) is 17.0 Å². The van der Waals surface area contributed by atoms with Gasteiger partial charge in [0.2, 0.25) is 0 Å². The fourth-order valence-electron chi connectivity index (χ4n) is 2.21.